The van der Waals surface area contributed by atoms with E-state index in [0.29, 0.717) is 35.0 Å². The molecule has 2 rings (SSSR count). The lowest BCUT2D eigenvalue weighted by Gasteiger charge is -2.11. The molecule has 0 unspecified atom stereocenters. The first-order valence-corrected chi connectivity index (χ1v) is 9.20. The van der Waals surface area contributed by atoms with Crippen molar-refractivity contribution in [2.24, 2.45) is 0 Å². The van der Waals surface area contributed by atoms with Gasteiger partial charge in [-0.1, -0.05) is 0 Å². The van der Waals surface area contributed by atoms with Crippen molar-refractivity contribution in [2.45, 2.75) is 12.8 Å². The number of thiophene rings is 1. The Kier molecular flexibility index (Phi) is 7.44. The first kappa shape index (κ1) is 19.8. The van der Waals surface area contributed by atoms with Crippen molar-refractivity contribution in [1.82, 2.24) is 10.9 Å². The summed E-state index contributed by atoms with van der Waals surface area (Å²) in [5, 5.41) is 8.86. The normalized spacial score (nSPS) is 9.88. The Bertz CT molecular complexity index is 832. The van der Waals surface area contributed by atoms with Gasteiger partial charge < -0.3 is 9.47 Å². The number of hydrogen-bond acceptors (Lipinski definition) is 6. The van der Waals surface area contributed by atoms with Crippen LogP contribution in [0.5, 0.6) is 11.5 Å². The van der Waals surface area contributed by atoms with E-state index >= 15 is 0 Å². The smallest absolute Gasteiger partial charge is 0.279 e. The van der Waals surface area contributed by atoms with Crippen LogP contribution in [0, 0.1) is 11.3 Å². The second-order valence-corrected chi connectivity index (χ2v) is 7.50. The molecule has 0 saturated heterocycles. The van der Waals surface area contributed by atoms with Crippen LogP contribution in [0.1, 0.15) is 28.1 Å². The molecule has 0 fully saturated rings. The first-order valence-electron chi connectivity index (χ1n) is 7.59. The predicted octanol–water partition coefficient (Wildman–Crippen LogP) is 3.01. The van der Waals surface area contributed by atoms with E-state index in [4.69, 9.17) is 14.7 Å². The van der Waals surface area contributed by atoms with Crippen LogP contribution in [0.3, 0.4) is 0 Å². The number of hydrazine groups is 1. The number of ether oxygens (including phenoxy) is 2. The van der Waals surface area contributed by atoms with Crippen molar-refractivity contribution in [3.63, 3.8) is 0 Å². The Labute approximate surface area is 163 Å². The molecule has 0 atom stereocenters. The fraction of sp³-hybridized carbons (Fsp3) is 0.235. The zero-order chi connectivity index (χ0) is 18.9. The van der Waals surface area contributed by atoms with Crippen LogP contribution in [0.15, 0.2) is 34.1 Å². The second kappa shape index (κ2) is 9.79. The maximum atomic E-state index is 11.8. The topological polar surface area (TPSA) is 100 Å². The molecule has 1 aromatic heterocycles. The Morgan fingerprint density at radius 1 is 1.23 bits per heavy atom. The Balaban J connectivity index is 1.70. The summed E-state index contributed by atoms with van der Waals surface area (Å²) in [6.07, 6.45) is 0.641. The number of carbonyl (C=O) groups is 2. The molecule has 0 saturated carbocycles. The van der Waals surface area contributed by atoms with Crippen molar-refractivity contribution < 1.29 is 19.1 Å². The standard InChI is InChI=1S/C17H16BrN3O4S/c1-24-13-9-11(10-19)4-5-12(13)25-8-2-3-16(22)20-21-17(23)14-6-7-15(18)26-14/h4-7,9H,2-3,8H2,1H3,(H,20,22)(H,21,23). The average Bonchev–Trinajstić information content (AvgIpc) is 3.09. The van der Waals surface area contributed by atoms with Gasteiger partial charge in [0, 0.05) is 12.5 Å². The number of benzene rings is 1. The summed E-state index contributed by atoms with van der Waals surface area (Å²) in [4.78, 5) is 24.1. The van der Waals surface area contributed by atoms with Gasteiger partial charge in [0.05, 0.1) is 34.0 Å². The SMILES string of the molecule is COc1cc(C#N)ccc1OCCCC(=O)NNC(=O)c1ccc(Br)s1. The van der Waals surface area contributed by atoms with E-state index in [2.05, 4.69) is 26.8 Å². The Hall–Kier alpha value is -2.57. The van der Waals surface area contributed by atoms with Gasteiger partial charge in [0.15, 0.2) is 11.5 Å². The van der Waals surface area contributed by atoms with Gasteiger partial charge in [-0.2, -0.15) is 5.26 Å². The molecule has 26 heavy (non-hydrogen) atoms. The molecule has 1 aromatic carbocycles. The van der Waals surface area contributed by atoms with Crippen LogP contribution in [0.2, 0.25) is 0 Å². The maximum absolute atomic E-state index is 11.8. The second-order valence-electron chi connectivity index (χ2n) is 5.04. The van der Waals surface area contributed by atoms with Gasteiger partial charge in [-0.3, -0.25) is 20.4 Å². The molecular formula is C17H16BrN3O4S. The lowest BCUT2D eigenvalue weighted by Crippen LogP contribution is -2.41. The van der Waals surface area contributed by atoms with E-state index in [-0.39, 0.29) is 18.2 Å². The zero-order valence-corrected chi connectivity index (χ0v) is 16.3. The average molecular weight is 438 g/mol. The molecule has 136 valence electrons. The highest BCUT2D eigenvalue weighted by Gasteiger charge is 2.10. The molecule has 0 spiro atoms. The lowest BCUT2D eigenvalue weighted by molar-refractivity contribution is -0.122. The van der Waals surface area contributed by atoms with E-state index in [0.717, 1.165) is 3.79 Å². The number of nitrogens with zero attached hydrogens (tertiary/aromatic N) is 1. The van der Waals surface area contributed by atoms with E-state index in [9.17, 15) is 9.59 Å². The monoisotopic (exact) mass is 437 g/mol. The molecule has 0 aliphatic carbocycles. The third kappa shape index (κ3) is 5.75. The molecule has 2 N–H and O–H groups in total. The Morgan fingerprint density at radius 2 is 2.04 bits per heavy atom. The molecule has 0 bridgehead atoms. The summed E-state index contributed by atoms with van der Waals surface area (Å²) in [6, 6.07) is 10.3. The lowest BCUT2D eigenvalue weighted by atomic mass is 10.2. The van der Waals surface area contributed by atoms with Gasteiger partial charge in [-0.05, 0) is 46.6 Å². The van der Waals surface area contributed by atoms with Crippen LogP contribution in [-0.2, 0) is 4.79 Å². The van der Waals surface area contributed by atoms with Crippen LogP contribution >= 0.6 is 27.3 Å². The van der Waals surface area contributed by atoms with Crippen molar-refractivity contribution in [3.8, 4) is 17.6 Å². The molecule has 9 heteroatoms. The number of amides is 2. The minimum Gasteiger partial charge on any atom is -0.493 e. The molecule has 0 radical (unpaired) electrons. The largest absolute Gasteiger partial charge is 0.493 e. The number of methoxy groups -OCH3 is 1. The minimum atomic E-state index is -0.368. The van der Waals surface area contributed by atoms with Gasteiger partial charge in [0.25, 0.3) is 5.91 Å². The number of hydrogen-bond donors (Lipinski definition) is 2. The number of carbonyl (C=O) groups excluding carboxylic acids is 2. The molecule has 2 amide bonds. The minimum absolute atomic E-state index is 0.188. The summed E-state index contributed by atoms with van der Waals surface area (Å²) >= 11 is 4.55. The van der Waals surface area contributed by atoms with Crippen molar-refractivity contribution >= 4 is 39.1 Å². The zero-order valence-electron chi connectivity index (χ0n) is 13.9. The maximum Gasteiger partial charge on any atom is 0.279 e. The fourth-order valence-corrected chi connectivity index (χ4v) is 3.24. The third-order valence-corrected chi connectivity index (χ3v) is 4.83. The van der Waals surface area contributed by atoms with E-state index in [1.807, 2.05) is 6.07 Å². The summed E-state index contributed by atoms with van der Waals surface area (Å²) in [5.41, 5.74) is 5.20. The quantitative estimate of drug-likeness (QED) is 0.512. The summed E-state index contributed by atoms with van der Waals surface area (Å²) in [5.74, 6) is 0.281. The summed E-state index contributed by atoms with van der Waals surface area (Å²) in [7, 11) is 1.49. The summed E-state index contributed by atoms with van der Waals surface area (Å²) in [6.45, 7) is 0.293. The number of nitriles is 1. The Morgan fingerprint density at radius 3 is 2.69 bits per heavy atom. The third-order valence-electron chi connectivity index (χ3n) is 3.21. The number of rotatable bonds is 7. The molecule has 0 aliphatic heterocycles. The fourth-order valence-electron chi connectivity index (χ4n) is 1.96. The van der Waals surface area contributed by atoms with E-state index < -0.39 is 0 Å². The number of nitrogens with one attached hydrogen (secondary N) is 2. The van der Waals surface area contributed by atoms with Crippen LogP contribution in [-0.4, -0.2) is 25.5 Å². The highest BCUT2D eigenvalue weighted by atomic mass is 79.9. The van der Waals surface area contributed by atoms with Crippen molar-refractivity contribution in [2.75, 3.05) is 13.7 Å². The van der Waals surface area contributed by atoms with Gasteiger partial charge in [0.2, 0.25) is 5.91 Å². The van der Waals surface area contributed by atoms with Crippen LogP contribution in [0.4, 0.5) is 0 Å². The summed E-state index contributed by atoms with van der Waals surface area (Å²) < 4.78 is 11.6. The van der Waals surface area contributed by atoms with E-state index in [1.54, 1.807) is 30.3 Å². The number of halogens is 1. The predicted molar refractivity (Wildman–Crippen MR) is 100 cm³/mol. The van der Waals surface area contributed by atoms with Gasteiger partial charge in [0.1, 0.15) is 0 Å². The highest BCUT2D eigenvalue weighted by molar-refractivity contribution is 9.11. The molecule has 7 nitrogen and oxygen atoms in total. The highest BCUT2D eigenvalue weighted by Crippen LogP contribution is 2.28. The van der Waals surface area contributed by atoms with Crippen molar-refractivity contribution in [3.05, 3.63) is 44.6 Å². The van der Waals surface area contributed by atoms with Crippen molar-refractivity contribution in [1.29, 1.82) is 5.26 Å². The van der Waals surface area contributed by atoms with Crippen LogP contribution in [0.25, 0.3) is 0 Å². The van der Waals surface area contributed by atoms with Gasteiger partial charge in [-0.25, -0.2) is 0 Å². The molecular weight excluding hydrogens is 422 g/mol. The van der Waals surface area contributed by atoms with Crippen LogP contribution < -0.4 is 20.3 Å². The van der Waals surface area contributed by atoms with Gasteiger partial charge in [-0.15, -0.1) is 11.3 Å². The molecule has 2 aromatic rings. The first-order chi connectivity index (χ1) is 12.5. The molecule has 1 heterocycles. The molecule has 0 aliphatic rings. The van der Waals surface area contributed by atoms with Gasteiger partial charge >= 0.3 is 0 Å². The van der Waals surface area contributed by atoms with E-state index in [1.165, 1.54) is 18.4 Å².